The zero-order valence-electron chi connectivity index (χ0n) is 9.86. The number of benzene rings is 1. The summed E-state index contributed by atoms with van der Waals surface area (Å²) in [6, 6.07) is 7.73. The summed E-state index contributed by atoms with van der Waals surface area (Å²) in [5, 5.41) is 3.28. The van der Waals surface area contributed by atoms with Gasteiger partial charge in [0, 0.05) is 25.2 Å². The Morgan fingerprint density at radius 1 is 1.44 bits per heavy atom. The molecule has 1 N–H and O–H groups in total. The minimum atomic E-state index is -0.0557. The van der Waals surface area contributed by atoms with Gasteiger partial charge in [0.1, 0.15) is 0 Å². The van der Waals surface area contributed by atoms with Crippen LogP contribution in [-0.2, 0) is 0 Å². The summed E-state index contributed by atoms with van der Waals surface area (Å²) in [5.41, 5.74) is 1.90. The van der Waals surface area contributed by atoms with Gasteiger partial charge in [0.15, 0.2) is 5.78 Å². The number of carbonyl (C=O) groups excluding carboxylic acids is 1. The van der Waals surface area contributed by atoms with Crippen LogP contribution >= 0.6 is 0 Å². The van der Waals surface area contributed by atoms with E-state index < -0.39 is 0 Å². The average molecular weight is 218 g/mol. The number of aryl methyl sites for hydroxylation is 1. The molecule has 0 bridgehead atoms. The summed E-state index contributed by atoms with van der Waals surface area (Å²) in [4.78, 5) is 14.5. The molecule has 1 heterocycles. The Kier molecular flexibility index (Phi) is 3.36. The second-order valence-corrected chi connectivity index (χ2v) is 4.45. The van der Waals surface area contributed by atoms with Crippen molar-refractivity contribution in [1.82, 2.24) is 10.2 Å². The number of rotatable bonds is 2. The van der Waals surface area contributed by atoms with Crippen LogP contribution in [0.15, 0.2) is 24.3 Å². The molecular formula is C13H18N2O. The minimum Gasteiger partial charge on any atom is -0.305 e. The first-order chi connectivity index (χ1) is 7.68. The van der Waals surface area contributed by atoms with Gasteiger partial charge >= 0.3 is 0 Å². The van der Waals surface area contributed by atoms with Crippen LogP contribution in [0, 0.1) is 6.92 Å². The number of hydrogen-bond donors (Lipinski definition) is 1. The summed E-state index contributed by atoms with van der Waals surface area (Å²) >= 11 is 0. The predicted octanol–water partition coefficient (Wildman–Crippen LogP) is 1.08. The first kappa shape index (κ1) is 11.3. The van der Waals surface area contributed by atoms with E-state index in [0.717, 1.165) is 30.8 Å². The molecule has 0 spiro atoms. The van der Waals surface area contributed by atoms with Crippen molar-refractivity contribution in [3.05, 3.63) is 35.4 Å². The molecule has 1 aromatic carbocycles. The molecule has 0 radical (unpaired) electrons. The number of Topliss-reactive ketones (excluding diaryl/α,β-unsaturated/α-hetero) is 1. The molecule has 1 atom stereocenters. The summed E-state index contributed by atoms with van der Waals surface area (Å²) in [7, 11) is 2.05. The molecule has 1 aliphatic rings. The zero-order valence-corrected chi connectivity index (χ0v) is 9.86. The highest BCUT2D eigenvalue weighted by atomic mass is 16.1. The van der Waals surface area contributed by atoms with E-state index >= 15 is 0 Å². The highest BCUT2D eigenvalue weighted by Crippen LogP contribution is 2.11. The Labute approximate surface area is 96.5 Å². The van der Waals surface area contributed by atoms with Gasteiger partial charge in [-0.05, 0) is 19.5 Å². The maximum Gasteiger partial charge on any atom is 0.181 e. The van der Waals surface area contributed by atoms with Crippen LogP contribution in [-0.4, -0.2) is 43.4 Å². The summed E-state index contributed by atoms with van der Waals surface area (Å²) in [5.74, 6) is 0.213. The Balaban J connectivity index is 2.16. The van der Waals surface area contributed by atoms with E-state index in [9.17, 15) is 4.79 Å². The van der Waals surface area contributed by atoms with Gasteiger partial charge < -0.3 is 10.2 Å². The smallest absolute Gasteiger partial charge is 0.181 e. The molecule has 1 aromatic rings. The molecule has 0 aliphatic carbocycles. The normalized spacial score (nSPS) is 22.0. The highest BCUT2D eigenvalue weighted by molar-refractivity contribution is 6.01. The topological polar surface area (TPSA) is 32.3 Å². The molecule has 1 aliphatic heterocycles. The van der Waals surface area contributed by atoms with Gasteiger partial charge in [-0.15, -0.1) is 0 Å². The molecule has 1 saturated heterocycles. The predicted molar refractivity (Wildman–Crippen MR) is 64.8 cm³/mol. The lowest BCUT2D eigenvalue weighted by Crippen LogP contribution is -2.52. The van der Waals surface area contributed by atoms with Crippen LogP contribution in [0.4, 0.5) is 0 Å². The first-order valence-corrected chi connectivity index (χ1v) is 5.70. The number of piperazine rings is 1. The van der Waals surface area contributed by atoms with Gasteiger partial charge in [0.05, 0.1) is 6.04 Å². The maximum absolute atomic E-state index is 12.3. The molecule has 0 aromatic heterocycles. The minimum absolute atomic E-state index is 0.0557. The molecule has 3 heteroatoms. The number of hydrogen-bond acceptors (Lipinski definition) is 3. The van der Waals surface area contributed by atoms with Crippen molar-refractivity contribution in [3.8, 4) is 0 Å². The Morgan fingerprint density at radius 2 is 2.19 bits per heavy atom. The molecule has 2 rings (SSSR count). The number of carbonyl (C=O) groups is 1. The van der Waals surface area contributed by atoms with E-state index in [1.165, 1.54) is 0 Å². The van der Waals surface area contributed by atoms with E-state index in [1.54, 1.807) is 0 Å². The molecule has 0 saturated carbocycles. The van der Waals surface area contributed by atoms with Crippen LogP contribution in [0.25, 0.3) is 0 Å². The fourth-order valence-electron chi connectivity index (χ4n) is 2.11. The van der Waals surface area contributed by atoms with Gasteiger partial charge in [-0.2, -0.15) is 0 Å². The van der Waals surface area contributed by atoms with Crippen molar-refractivity contribution in [2.75, 3.05) is 26.7 Å². The van der Waals surface area contributed by atoms with Crippen molar-refractivity contribution in [3.63, 3.8) is 0 Å². The number of likely N-dealkylation sites (N-methyl/N-ethyl adjacent to an activating group) is 1. The fraction of sp³-hybridized carbons (Fsp3) is 0.462. The monoisotopic (exact) mass is 218 g/mol. The Bertz CT molecular complexity index is 389. The highest BCUT2D eigenvalue weighted by Gasteiger charge is 2.24. The largest absolute Gasteiger partial charge is 0.305 e. The molecule has 1 unspecified atom stereocenters. The quantitative estimate of drug-likeness (QED) is 0.754. The van der Waals surface area contributed by atoms with E-state index in [4.69, 9.17) is 0 Å². The van der Waals surface area contributed by atoms with E-state index in [0.29, 0.717) is 0 Å². The third-order valence-electron chi connectivity index (χ3n) is 3.11. The van der Waals surface area contributed by atoms with Gasteiger partial charge in [-0.3, -0.25) is 4.79 Å². The molecule has 0 amide bonds. The van der Waals surface area contributed by atoms with E-state index in [2.05, 4.69) is 17.3 Å². The second kappa shape index (κ2) is 4.76. The lowest BCUT2D eigenvalue weighted by atomic mass is 9.98. The van der Waals surface area contributed by atoms with Gasteiger partial charge in [-0.1, -0.05) is 24.3 Å². The maximum atomic E-state index is 12.3. The van der Waals surface area contributed by atoms with Gasteiger partial charge in [0.2, 0.25) is 0 Å². The second-order valence-electron chi connectivity index (χ2n) is 4.45. The number of ketones is 1. The Morgan fingerprint density at radius 3 is 2.88 bits per heavy atom. The summed E-state index contributed by atoms with van der Waals surface area (Å²) < 4.78 is 0. The molecule has 86 valence electrons. The molecule has 1 fully saturated rings. The lowest BCUT2D eigenvalue weighted by Gasteiger charge is -2.30. The molecular weight excluding hydrogens is 200 g/mol. The summed E-state index contributed by atoms with van der Waals surface area (Å²) in [6.07, 6.45) is 0. The van der Waals surface area contributed by atoms with Crippen LogP contribution in [0.5, 0.6) is 0 Å². The van der Waals surface area contributed by atoms with Crippen molar-refractivity contribution >= 4 is 5.78 Å². The molecule has 3 nitrogen and oxygen atoms in total. The van der Waals surface area contributed by atoms with E-state index in [1.807, 2.05) is 31.2 Å². The van der Waals surface area contributed by atoms with Crippen molar-refractivity contribution < 1.29 is 4.79 Å². The fourth-order valence-corrected chi connectivity index (χ4v) is 2.11. The van der Waals surface area contributed by atoms with Crippen molar-refractivity contribution in [1.29, 1.82) is 0 Å². The third kappa shape index (κ3) is 2.31. The third-order valence-corrected chi connectivity index (χ3v) is 3.11. The van der Waals surface area contributed by atoms with Gasteiger partial charge in [-0.25, -0.2) is 0 Å². The molecule has 16 heavy (non-hydrogen) atoms. The Hall–Kier alpha value is -1.19. The van der Waals surface area contributed by atoms with Gasteiger partial charge in [0.25, 0.3) is 0 Å². The van der Waals surface area contributed by atoms with Crippen molar-refractivity contribution in [2.24, 2.45) is 0 Å². The van der Waals surface area contributed by atoms with Crippen LogP contribution in [0.2, 0.25) is 0 Å². The average Bonchev–Trinajstić information content (AvgIpc) is 2.29. The van der Waals surface area contributed by atoms with E-state index in [-0.39, 0.29) is 11.8 Å². The first-order valence-electron chi connectivity index (χ1n) is 5.70. The van der Waals surface area contributed by atoms with Crippen LogP contribution in [0.1, 0.15) is 15.9 Å². The summed E-state index contributed by atoms with van der Waals surface area (Å²) in [6.45, 7) is 4.68. The number of nitrogens with one attached hydrogen (secondary N) is 1. The van der Waals surface area contributed by atoms with Crippen LogP contribution < -0.4 is 5.32 Å². The number of nitrogens with zero attached hydrogens (tertiary/aromatic N) is 1. The lowest BCUT2D eigenvalue weighted by molar-refractivity contribution is 0.0894. The van der Waals surface area contributed by atoms with Crippen LogP contribution in [0.3, 0.4) is 0 Å². The zero-order chi connectivity index (χ0) is 11.5. The van der Waals surface area contributed by atoms with Crippen molar-refractivity contribution in [2.45, 2.75) is 13.0 Å². The standard InChI is InChI=1S/C13H18N2O/c1-10-5-3-4-6-11(10)13(16)12-9-15(2)8-7-14-12/h3-6,12,14H,7-9H2,1-2H3. The SMILES string of the molecule is Cc1ccccc1C(=O)C1CN(C)CCN1.